The van der Waals surface area contributed by atoms with Crippen LogP contribution in [0.5, 0.6) is 5.75 Å². The lowest BCUT2D eigenvalue weighted by Gasteiger charge is -2.22. The van der Waals surface area contributed by atoms with Gasteiger partial charge in [-0.05, 0) is 23.1 Å². The first-order chi connectivity index (χ1) is 6.06. The highest BCUT2D eigenvalue weighted by atomic mass is 16.3. The molecule has 0 saturated heterocycles. The van der Waals surface area contributed by atoms with E-state index in [2.05, 4.69) is 0 Å². The van der Waals surface area contributed by atoms with Gasteiger partial charge in [0, 0.05) is 6.42 Å². The Morgan fingerprint density at radius 2 is 1.85 bits per heavy atom. The summed E-state index contributed by atoms with van der Waals surface area (Å²) in [6, 6.07) is 6.97. The van der Waals surface area contributed by atoms with Crippen LogP contribution in [0, 0.1) is 0 Å². The van der Waals surface area contributed by atoms with Gasteiger partial charge in [0.2, 0.25) is 0 Å². The van der Waals surface area contributed by atoms with E-state index in [0.29, 0.717) is 6.42 Å². The molecule has 1 aromatic carbocycles. The van der Waals surface area contributed by atoms with Crippen molar-refractivity contribution in [1.29, 1.82) is 0 Å². The first kappa shape index (κ1) is 9.78. The fourth-order valence-electron chi connectivity index (χ4n) is 1.24. The number of aromatic hydroxyl groups is 1. The molecule has 0 spiro atoms. The molecule has 0 atom stereocenters. The van der Waals surface area contributed by atoms with Gasteiger partial charge in [0.05, 0.1) is 0 Å². The van der Waals surface area contributed by atoms with E-state index in [4.69, 9.17) is 5.11 Å². The van der Waals surface area contributed by atoms with E-state index in [0.717, 1.165) is 11.8 Å². The molecule has 0 heterocycles. The van der Waals surface area contributed by atoms with Crippen LogP contribution in [0.25, 0.3) is 0 Å². The van der Waals surface area contributed by atoms with Crippen molar-refractivity contribution < 1.29 is 9.90 Å². The molecule has 70 valence electrons. The predicted molar refractivity (Wildman–Crippen MR) is 51.8 cm³/mol. The van der Waals surface area contributed by atoms with Gasteiger partial charge in [0.1, 0.15) is 12.0 Å². The minimum Gasteiger partial charge on any atom is -0.508 e. The van der Waals surface area contributed by atoms with Gasteiger partial charge in [-0.1, -0.05) is 26.0 Å². The topological polar surface area (TPSA) is 37.3 Å². The smallest absolute Gasteiger partial charge is 0.120 e. The van der Waals surface area contributed by atoms with Gasteiger partial charge >= 0.3 is 0 Å². The molecule has 1 N–H and O–H groups in total. The Balaban J connectivity index is 2.93. The number of aldehydes is 1. The van der Waals surface area contributed by atoms with Gasteiger partial charge < -0.3 is 9.90 Å². The molecule has 2 heteroatoms. The lowest BCUT2D eigenvalue weighted by atomic mass is 9.82. The fourth-order valence-corrected chi connectivity index (χ4v) is 1.24. The Morgan fingerprint density at radius 3 is 2.31 bits per heavy atom. The lowest BCUT2D eigenvalue weighted by Crippen LogP contribution is -2.17. The number of benzene rings is 1. The predicted octanol–water partition coefficient (Wildman–Crippen LogP) is 2.26. The fraction of sp³-hybridized carbons (Fsp3) is 0.364. The van der Waals surface area contributed by atoms with Crippen LogP contribution in [0.4, 0.5) is 0 Å². The summed E-state index contributed by atoms with van der Waals surface area (Å²) in [5.74, 6) is 0.255. The lowest BCUT2D eigenvalue weighted by molar-refractivity contribution is -0.108. The molecule has 1 aromatic rings. The molecule has 0 amide bonds. The number of hydrogen-bond acceptors (Lipinski definition) is 2. The monoisotopic (exact) mass is 178 g/mol. The molecular weight excluding hydrogens is 164 g/mol. The summed E-state index contributed by atoms with van der Waals surface area (Å²) in [6.07, 6.45) is 1.42. The Hall–Kier alpha value is -1.31. The van der Waals surface area contributed by atoms with Crippen molar-refractivity contribution in [2.45, 2.75) is 25.7 Å². The van der Waals surface area contributed by atoms with Gasteiger partial charge in [0.25, 0.3) is 0 Å². The van der Waals surface area contributed by atoms with Gasteiger partial charge in [0.15, 0.2) is 0 Å². The molecule has 0 aromatic heterocycles. The van der Waals surface area contributed by atoms with Crippen molar-refractivity contribution in [3.8, 4) is 5.75 Å². The van der Waals surface area contributed by atoms with Crippen molar-refractivity contribution in [1.82, 2.24) is 0 Å². The van der Waals surface area contributed by atoms with Crippen molar-refractivity contribution >= 4 is 6.29 Å². The maximum Gasteiger partial charge on any atom is 0.120 e. The largest absolute Gasteiger partial charge is 0.508 e. The van der Waals surface area contributed by atoms with E-state index >= 15 is 0 Å². The molecule has 2 nitrogen and oxygen atoms in total. The third kappa shape index (κ3) is 2.31. The summed E-state index contributed by atoms with van der Waals surface area (Å²) >= 11 is 0. The number of phenolic OH excluding ortho intramolecular Hbond substituents is 1. The second kappa shape index (κ2) is 3.60. The minimum absolute atomic E-state index is 0.143. The molecule has 0 aliphatic rings. The number of rotatable bonds is 3. The number of phenols is 1. The summed E-state index contributed by atoms with van der Waals surface area (Å²) in [4.78, 5) is 10.4. The maximum absolute atomic E-state index is 10.4. The van der Waals surface area contributed by atoms with Crippen LogP contribution >= 0.6 is 0 Å². The third-order valence-electron chi connectivity index (χ3n) is 2.24. The molecule has 0 aliphatic carbocycles. The summed E-state index contributed by atoms with van der Waals surface area (Å²) in [5.41, 5.74) is 0.924. The first-order valence-corrected chi connectivity index (χ1v) is 4.29. The average molecular weight is 178 g/mol. The molecule has 0 bridgehead atoms. The highest BCUT2D eigenvalue weighted by Gasteiger charge is 2.19. The van der Waals surface area contributed by atoms with Crippen LogP contribution in [-0.2, 0) is 10.2 Å². The SMILES string of the molecule is CC(C)(CC=O)c1ccc(O)cc1. The average Bonchev–Trinajstić information content (AvgIpc) is 2.05. The van der Waals surface area contributed by atoms with Crippen molar-refractivity contribution in [2.24, 2.45) is 0 Å². The Bertz CT molecular complexity index is 285. The van der Waals surface area contributed by atoms with E-state index in [1.807, 2.05) is 26.0 Å². The van der Waals surface area contributed by atoms with Gasteiger partial charge in [-0.15, -0.1) is 0 Å². The first-order valence-electron chi connectivity index (χ1n) is 4.29. The van der Waals surface area contributed by atoms with Crippen LogP contribution in [0.1, 0.15) is 25.8 Å². The standard InChI is InChI=1S/C11H14O2/c1-11(2,7-8-12)9-3-5-10(13)6-4-9/h3-6,8,13H,7H2,1-2H3. The van der Waals surface area contributed by atoms with Crippen LogP contribution in [-0.4, -0.2) is 11.4 Å². The summed E-state index contributed by atoms with van der Waals surface area (Å²) in [7, 11) is 0. The normalized spacial score (nSPS) is 11.2. The van der Waals surface area contributed by atoms with E-state index in [-0.39, 0.29) is 11.2 Å². The maximum atomic E-state index is 10.4. The zero-order valence-electron chi connectivity index (χ0n) is 7.95. The number of carbonyl (C=O) groups excluding carboxylic acids is 1. The molecule has 0 radical (unpaired) electrons. The second-order valence-electron chi connectivity index (χ2n) is 3.80. The Morgan fingerprint density at radius 1 is 1.31 bits per heavy atom. The second-order valence-corrected chi connectivity index (χ2v) is 3.80. The molecule has 0 unspecified atom stereocenters. The quantitative estimate of drug-likeness (QED) is 0.721. The highest BCUT2D eigenvalue weighted by Crippen LogP contribution is 2.26. The molecule has 0 fully saturated rings. The molecule has 0 saturated carbocycles. The zero-order chi connectivity index (χ0) is 9.90. The zero-order valence-corrected chi connectivity index (χ0v) is 7.95. The number of hydrogen-bond donors (Lipinski definition) is 1. The van der Waals surface area contributed by atoms with Crippen molar-refractivity contribution in [2.75, 3.05) is 0 Å². The van der Waals surface area contributed by atoms with E-state index in [9.17, 15) is 4.79 Å². The Labute approximate surface area is 78.2 Å². The summed E-state index contributed by atoms with van der Waals surface area (Å²) in [5, 5.41) is 9.08. The minimum atomic E-state index is -0.143. The molecule has 13 heavy (non-hydrogen) atoms. The highest BCUT2D eigenvalue weighted by molar-refractivity contribution is 5.53. The van der Waals surface area contributed by atoms with Gasteiger partial charge in [-0.2, -0.15) is 0 Å². The molecule has 0 aliphatic heterocycles. The van der Waals surface area contributed by atoms with Crippen LogP contribution in [0.2, 0.25) is 0 Å². The number of carbonyl (C=O) groups is 1. The Kier molecular flexibility index (Phi) is 2.71. The summed E-state index contributed by atoms with van der Waals surface area (Å²) < 4.78 is 0. The van der Waals surface area contributed by atoms with Crippen molar-refractivity contribution in [3.63, 3.8) is 0 Å². The molecular formula is C11H14O2. The molecule has 1 rings (SSSR count). The van der Waals surface area contributed by atoms with Crippen LogP contribution in [0.3, 0.4) is 0 Å². The van der Waals surface area contributed by atoms with Gasteiger partial charge in [-0.25, -0.2) is 0 Å². The van der Waals surface area contributed by atoms with E-state index in [1.165, 1.54) is 0 Å². The van der Waals surface area contributed by atoms with Crippen molar-refractivity contribution in [3.05, 3.63) is 29.8 Å². The van der Waals surface area contributed by atoms with Crippen LogP contribution in [0.15, 0.2) is 24.3 Å². The summed E-state index contributed by atoms with van der Waals surface area (Å²) in [6.45, 7) is 4.02. The van der Waals surface area contributed by atoms with E-state index in [1.54, 1.807) is 12.1 Å². The third-order valence-corrected chi connectivity index (χ3v) is 2.24. The van der Waals surface area contributed by atoms with E-state index < -0.39 is 0 Å². The van der Waals surface area contributed by atoms with Crippen LogP contribution < -0.4 is 0 Å². The van der Waals surface area contributed by atoms with Gasteiger partial charge in [-0.3, -0.25) is 0 Å².